The van der Waals surface area contributed by atoms with Crippen LogP contribution < -0.4 is 15.8 Å². The number of cyclic esters (lactones) is 1. The largest absolute Gasteiger partial charge is 0.495 e. The van der Waals surface area contributed by atoms with Crippen LogP contribution in [-0.4, -0.2) is 36.9 Å². The van der Waals surface area contributed by atoms with Crippen LogP contribution in [0.3, 0.4) is 0 Å². The van der Waals surface area contributed by atoms with Gasteiger partial charge in [0.25, 0.3) is 5.91 Å². The normalized spacial score (nSPS) is 20.6. The number of halogens is 1. The first-order valence-electron chi connectivity index (χ1n) is 8.19. The molecule has 1 fully saturated rings. The fraction of sp³-hybridized carbons (Fsp3) is 0.500. The number of amides is 1. The number of Topliss-reactive ketones (excluding diaryl/α,β-unsaturated/α-hetero) is 1. The number of carbonyl (C=O) groups excluding carboxylic acids is 3. The minimum atomic E-state index is -0.933. The molecule has 3 N–H and O–H groups in total. The molecule has 0 radical (unpaired) electrons. The Bertz CT molecular complexity index is 762. The summed E-state index contributed by atoms with van der Waals surface area (Å²) in [5.41, 5.74) is 5.25. The highest BCUT2D eigenvalue weighted by Gasteiger charge is 2.52. The van der Waals surface area contributed by atoms with Crippen molar-refractivity contribution >= 4 is 34.9 Å². The van der Waals surface area contributed by atoms with Crippen molar-refractivity contribution in [3.8, 4) is 5.75 Å². The predicted molar refractivity (Wildman–Crippen MR) is 97.2 cm³/mol. The summed E-state index contributed by atoms with van der Waals surface area (Å²) < 4.78 is 10.2. The van der Waals surface area contributed by atoms with Crippen LogP contribution in [0.25, 0.3) is 0 Å². The molecule has 0 saturated carbocycles. The Labute approximate surface area is 157 Å². The van der Waals surface area contributed by atoms with E-state index < -0.39 is 23.5 Å². The van der Waals surface area contributed by atoms with E-state index in [2.05, 4.69) is 5.32 Å². The summed E-state index contributed by atoms with van der Waals surface area (Å²) in [4.78, 5) is 36.7. The van der Waals surface area contributed by atoms with E-state index in [0.29, 0.717) is 0 Å². The summed E-state index contributed by atoms with van der Waals surface area (Å²) in [5, 5.41) is 2.92. The SMILES string of the molecule is COc1cc(Cl)cc(C(=O)N[C@@H](C)C(=O)C(C)(C)[C@@H]2OC(=O)[C@H]2C)c1N. The number of hydrogen-bond acceptors (Lipinski definition) is 6. The lowest BCUT2D eigenvalue weighted by Gasteiger charge is -2.43. The summed E-state index contributed by atoms with van der Waals surface area (Å²) in [6.45, 7) is 6.68. The van der Waals surface area contributed by atoms with Crippen molar-refractivity contribution in [3.05, 3.63) is 22.7 Å². The second-order valence-electron chi connectivity index (χ2n) is 7.00. The van der Waals surface area contributed by atoms with Gasteiger partial charge in [-0.3, -0.25) is 14.4 Å². The van der Waals surface area contributed by atoms with Crippen LogP contribution in [0.4, 0.5) is 5.69 Å². The van der Waals surface area contributed by atoms with E-state index in [4.69, 9.17) is 26.8 Å². The van der Waals surface area contributed by atoms with Crippen LogP contribution in [-0.2, 0) is 14.3 Å². The highest BCUT2D eigenvalue weighted by molar-refractivity contribution is 6.31. The standard InChI is InChI=1S/C18H23ClN2O5/c1-8-15(26-17(8)24)18(3,4)14(22)9(2)21-16(23)11-6-10(19)7-12(25-5)13(11)20/h6-9,15H,20H2,1-5H3,(H,21,23)/t8-,9-,15+/m0/s1. The third-order valence-electron chi connectivity index (χ3n) is 4.73. The van der Waals surface area contributed by atoms with Crippen LogP contribution in [0.15, 0.2) is 12.1 Å². The zero-order valence-corrected chi connectivity index (χ0v) is 16.1. The second kappa shape index (κ2) is 7.15. The third-order valence-corrected chi connectivity index (χ3v) is 4.95. The molecule has 1 aliphatic heterocycles. The molecule has 1 aliphatic rings. The number of nitrogen functional groups attached to an aromatic ring is 1. The third kappa shape index (κ3) is 3.49. The molecule has 7 nitrogen and oxygen atoms in total. The van der Waals surface area contributed by atoms with Gasteiger partial charge in [0.15, 0.2) is 5.78 Å². The first-order valence-corrected chi connectivity index (χ1v) is 8.57. The van der Waals surface area contributed by atoms with E-state index in [9.17, 15) is 14.4 Å². The van der Waals surface area contributed by atoms with Crippen LogP contribution in [0.5, 0.6) is 5.75 Å². The highest BCUT2D eigenvalue weighted by Crippen LogP contribution is 2.38. The van der Waals surface area contributed by atoms with Gasteiger partial charge in [-0.05, 0) is 33.8 Å². The van der Waals surface area contributed by atoms with Crippen LogP contribution >= 0.6 is 11.6 Å². The summed E-state index contributed by atoms with van der Waals surface area (Å²) in [5.74, 6) is -1.20. The lowest BCUT2D eigenvalue weighted by Crippen LogP contribution is -2.58. The number of nitrogens with one attached hydrogen (secondary N) is 1. The summed E-state index contributed by atoms with van der Waals surface area (Å²) in [6, 6.07) is 2.10. The first-order chi connectivity index (χ1) is 12.0. The number of ether oxygens (including phenoxy) is 2. The number of esters is 1. The van der Waals surface area contributed by atoms with Gasteiger partial charge in [-0.1, -0.05) is 11.6 Å². The van der Waals surface area contributed by atoms with Crippen molar-refractivity contribution in [3.63, 3.8) is 0 Å². The molecule has 0 unspecified atom stereocenters. The number of rotatable bonds is 6. The molecule has 0 spiro atoms. The maximum Gasteiger partial charge on any atom is 0.312 e. The average molecular weight is 383 g/mol. The number of nitrogens with two attached hydrogens (primary N) is 1. The molecule has 3 atom stereocenters. The van der Waals surface area contributed by atoms with Gasteiger partial charge in [-0.25, -0.2) is 0 Å². The molecular formula is C18H23ClN2O5. The van der Waals surface area contributed by atoms with Crippen molar-refractivity contribution in [2.75, 3.05) is 12.8 Å². The van der Waals surface area contributed by atoms with E-state index in [1.54, 1.807) is 27.7 Å². The molecule has 1 amide bonds. The maximum atomic E-state index is 12.8. The fourth-order valence-corrected chi connectivity index (χ4v) is 3.35. The molecule has 1 aromatic carbocycles. The van der Waals surface area contributed by atoms with E-state index in [-0.39, 0.29) is 39.7 Å². The Hall–Kier alpha value is -2.28. The molecule has 2 rings (SSSR count). The Morgan fingerprint density at radius 1 is 1.38 bits per heavy atom. The lowest BCUT2D eigenvalue weighted by molar-refractivity contribution is -0.198. The Morgan fingerprint density at radius 3 is 2.50 bits per heavy atom. The van der Waals surface area contributed by atoms with Crippen LogP contribution in [0.1, 0.15) is 38.1 Å². The molecule has 1 heterocycles. The number of anilines is 1. The zero-order chi connectivity index (χ0) is 19.8. The monoisotopic (exact) mass is 382 g/mol. The number of hydrogen-bond donors (Lipinski definition) is 2. The Kier molecular flexibility index (Phi) is 5.51. The zero-order valence-electron chi connectivity index (χ0n) is 15.4. The topological polar surface area (TPSA) is 108 Å². The van der Waals surface area contributed by atoms with Gasteiger partial charge < -0.3 is 20.5 Å². The highest BCUT2D eigenvalue weighted by atomic mass is 35.5. The predicted octanol–water partition coefficient (Wildman–Crippen LogP) is 2.21. The van der Waals surface area contributed by atoms with Gasteiger partial charge in [0.1, 0.15) is 11.9 Å². The van der Waals surface area contributed by atoms with Crippen molar-refractivity contribution < 1.29 is 23.9 Å². The second-order valence-corrected chi connectivity index (χ2v) is 7.43. The summed E-state index contributed by atoms with van der Waals surface area (Å²) in [7, 11) is 1.42. The van der Waals surface area contributed by atoms with Crippen molar-refractivity contribution in [2.45, 2.75) is 39.8 Å². The molecule has 1 aromatic rings. The van der Waals surface area contributed by atoms with Crippen molar-refractivity contribution in [2.24, 2.45) is 11.3 Å². The van der Waals surface area contributed by atoms with Gasteiger partial charge in [0.05, 0.1) is 35.7 Å². The molecule has 142 valence electrons. The molecule has 0 aromatic heterocycles. The van der Waals surface area contributed by atoms with Crippen molar-refractivity contribution in [1.82, 2.24) is 5.32 Å². The minimum absolute atomic E-state index is 0.121. The summed E-state index contributed by atoms with van der Waals surface area (Å²) >= 11 is 5.98. The van der Waals surface area contributed by atoms with Gasteiger partial charge in [0.2, 0.25) is 0 Å². The molecule has 8 heteroatoms. The first kappa shape index (κ1) is 20.0. The lowest BCUT2D eigenvalue weighted by atomic mass is 9.72. The smallest absolute Gasteiger partial charge is 0.312 e. The van der Waals surface area contributed by atoms with Gasteiger partial charge in [-0.15, -0.1) is 0 Å². The van der Waals surface area contributed by atoms with E-state index in [1.807, 2.05) is 0 Å². The molecule has 0 bridgehead atoms. The quantitative estimate of drug-likeness (QED) is 0.576. The minimum Gasteiger partial charge on any atom is -0.495 e. The number of carbonyl (C=O) groups is 3. The molecule has 1 saturated heterocycles. The van der Waals surface area contributed by atoms with E-state index in [0.717, 1.165) is 0 Å². The van der Waals surface area contributed by atoms with Crippen molar-refractivity contribution in [1.29, 1.82) is 0 Å². The van der Waals surface area contributed by atoms with Crippen LogP contribution in [0, 0.1) is 11.3 Å². The average Bonchev–Trinajstić information content (AvgIpc) is 2.59. The maximum absolute atomic E-state index is 12.8. The fourth-order valence-electron chi connectivity index (χ4n) is 3.15. The van der Waals surface area contributed by atoms with Gasteiger partial charge in [-0.2, -0.15) is 0 Å². The number of methoxy groups -OCH3 is 1. The molecular weight excluding hydrogens is 360 g/mol. The number of benzene rings is 1. The number of ketones is 1. The Balaban J connectivity index is 2.15. The van der Waals surface area contributed by atoms with E-state index in [1.165, 1.54) is 19.2 Å². The van der Waals surface area contributed by atoms with Gasteiger partial charge in [0, 0.05) is 11.1 Å². The van der Waals surface area contributed by atoms with Gasteiger partial charge >= 0.3 is 5.97 Å². The Morgan fingerprint density at radius 2 is 2.00 bits per heavy atom. The molecule has 0 aliphatic carbocycles. The van der Waals surface area contributed by atoms with Crippen LogP contribution in [0.2, 0.25) is 5.02 Å². The summed E-state index contributed by atoms with van der Waals surface area (Å²) in [6.07, 6.45) is -0.516. The van der Waals surface area contributed by atoms with E-state index >= 15 is 0 Å². The molecule has 26 heavy (non-hydrogen) atoms.